The fourth-order valence-corrected chi connectivity index (χ4v) is 3.55. The molecule has 148 valence electrons. The van der Waals surface area contributed by atoms with E-state index in [9.17, 15) is 14.7 Å². The molecule has 2 aliphatic rings. The van der Waals surface area contributed by atoms with Crippen LogP contribution in [0.3, 0.4) is 0 Å². The molecule has 0 spiro atoms. The second-order valence-corrected chi connectivity index (χ2v) is 7.06. The monoisotopic (exact) mass is 377 g/mol. The minimum absolute atomic E-state index is 0.0341. The molecule has 2 heterocycles. The van der Waals surface area contributed by atoms with Crippen molar-refractivity contribution in [3.8, 4) is 5.75 Å². The van der Waals surface area contributed by atoms with E-state index < -0.39 is 11.9 Å². The third kappa shape index (κ3) is 5.68. The van der Waals surface area contributed by atoms with Crippen LogP contribution in [0.4, 0.5) is 0 Å². The van der Waals surface area contributed by atoms with E-state index in [0.29, 0.717) is 44.8 Å². The van der Waals surface area contributed by atoms with Gasteiger partial charge in [0.1, 0.15) is 11.9 Å². The topological polar surface area (TPSA) is 94.1 Å². The number of benzene rings is 1. The van der Waals surface area contributed by atoms with Crippen LogP contribution in [0.25, 0.3) is 0 Å². The normalized spacial score (nSPS) is 20.0. The van der Waals surface area contributed by atoms with Gasteiger partial charge in [-0.3, -0.25) is 9.59 Å². The van der Waals surface area contributed by atoms with E-state index in [4.69, 9.17) is 14.2 Å². The summed E-state index contributed by atoms with van der Waals surface area (Å²) in [6, 6.07) is 6.96. The van der Waals surface area contributed by atoms with Gasteiger partial charge in [0.05, 0.1) is 19.1 Å². The molecule has 0 saturated carbocycles. The summed E-state index contributed by atoms with van der Waals surface area (Å²) in [5.74, 6) is -0.974. The lowest BCUT2D eigenvalue weighted by molar-refractivity contribution is -0.144. The van der Waals surface area contributed by atoms with Crippen LogP contribution in [0.15, 0.2) is 24.3 Å². The van der Waals surface area contributed by atoms with Gasteiger partial charge in [-0.05, 0) is 43.0 Å². The van der Waals surface area contributed by atoms with Gasteiger partial charge >= 0.3 is 5.97 Å². The molecule has 1 atom stereocenters. The molecule has 0 aliphatic carbocycles. The Balaban J connectivity index is 1.51. The van der Waals surface area contributed by atoms with E-state index >= 15 is 0 Å². The molecule has 1 unspecified atom stereocenters. The highest BCUT2D eigenvalue weighted by Crippen LogP contribution is 2.24. The SMILES string of the molecule is O=C(NCC(C(=O)O)C1CCOCC1)c1ccc(OC2CCOCC2)cc1. The average molecular weight is 377 g/mol. The van der Waals surface area contributed by atoms with E-state index in [1.54, 1.807) is 24.3 Å². The summed E-state index contributed by atoms with van der Waals surface area (Å²) in [7, 11) is 0. The van der Waals surface area contributed by atoms with E-state index in [-0.39, 0.29) is 24.5 Å². The first-order chi connectivity index (χ1) is 13.1. The summed E-state index contributed by atoms with van der Waals surface area (Å²) in [6.07, 6.45) is 3.31. The van der Waals surface area contributed by atoms with Crippen LogP contribution in [0.2, 0.25) is 0 Å². The number of amides is 1. The molecule has 0 radical (unpaired) electrons. The molecule has 7 heteroatoms. The van der Waals surface area contributed by atoms with Gasteiger partial charge < -0.3 is 24.6 Å². The zero-order valence-corrected chi connectivity index (χ0v) is 15.4. The zero-order chi connectivity index (χ0) is 19.1. The quantitative estimate of drug-likeness (QED) is 0.756. The minimum Gasteiger partial charge on any atom is -0.490 e. The van der Waals surface area contributed by atoms with Crippen LogP contribution in [0.1, 0.15) is 36.0 Å². The van der Waals surface area contributed by atoms with Gasteiger partial charge in [0.2, 0.25) is 0 Å². The Bertz CT molecular complexity index is 620. The molecule has 7 nitrogen and oxygen atoms in total. The highest BCUT2D eigenvalue weighted by Gasteiger charge is 2.30. The first-order valence-electron chi connectivity index (χ1n) is 9.56. The Morgan fingerprint density at radius 3 is 2.22 bits per heavy atom. The van der Waals surface area contributed by atoms with Crippen molar-refractivity contribution in [2.45, 2.75) is 31.8 Å². The fourth-order valence-electron chi connectivity index (χ4n) is 3.55. The summed E-state index contributed by atoms with van der Waals surface area (Å²) in [4.78, 5) is 23.9. The van der Waals surface area contributed by atoms with Gasteiger partial charge in [-0.25, -0.2) is 0 Å². The van der Waals surface area contributed by atoms with Gasteiger partial charge in [0.25, 0.3) is 5.91 Å². The van der Waals surface area contributed by atoms with Gasteiger partial charge in [-0.1, -0.05) is 0 Å². The minimum atomic E-state index is -0.873. The van der Waals surface area contributed by atoms with Crippen LogP contribution in [0, 0.1) is 11.8 Å². The summed E-state index contributed by atoms with van der Waals surface area (Å²) >= 11 is 0. The van der Waals surface area contributed by atoms with Crippen LogP contribution in [-0.4, -0.2) is 56.1 Å². The first kappa shape index (κ1) is 19.6. The van der Waals surface area contributed by atoms with Crippen molar-refractivity contribution in [2.75, 3.05) is 33.0 Å². The van der Waals surface area contributed by atoms with Crippen molar-refractivity contribution in [2.24, 2.45) is 11.8 Å². The second kappa shape index (κ2) is 9.71. The molecule has 27 heavy (non-hydrogen) atoms. The lowest BCUT2D eigenvalue weighted by Gasteiger charge is -2.27. The first-order valence-corrected chi connectivity index (χ1v) is 9.56. The molecule has 1 amide bonds. The van der Waals surface area contributed by atoms with Crippen molar-refractivity contribution in [1.82, 2.24) is 5.32 Å². The number of carbonyl (C=O) groups excluding carboxylic acids is 1. The Kier molecular flexibility index (Phi) is 7.06. The number of aliphatic carboxylic acids is 1. The Hall–Kier alpha value is -2.12. The number of carbonyl (C=O) groups is 2. The molecule has 3 rings (SSSR count). The third-order valence-corrected chi connectivity index (χ3v) is 5.22. The maximum atomic E-state index is 12.4. The van der Waals surface area contributed by atoms with Crippen molar-refractivity contribution < 1.29 is 28.9 Å². The van der Waals surface area contributed by atoms with E-state index in [1.807, 2.05) is 0 Å². The maximum Gasteiger partial charge on any atom is 0.308 e. The number of ether oxygens (including phenoxy) is 3. The maximum absolute atomic E-state index is 12.4. The number of hydrogen-bond acceptors (Lipinski definition) is 5. The van der Waals surface area contributed by atoms with Gasteiger partial charge in [-0.2, -0.15) is 0 Å². The molecule has 1 aromatic carbocycles. The van der Waals surface area contributed by atoms with Crippen molar-refractivity contribution in [1.29, 1.82) is 0 Å². The van der Waals surface area contributed by atoms with Crippen molar-refractivity contribution in [3.63, 3.8) is 0 Å². The molecular weight excluding hydrogens is 350 g/mol. The number of carboxylic acids is 1. The number of rotatable bonds is 7. The van der Waals surface area contributed by atoms with E-state index in [2.05, 4.69) is 5.32 Å². The summed E-state index contributed by atoms with van der Waals surface area (Å²) in [5, 5.41) is 12.2. The molecule has 0 bridgehead atoms. The lowest BCUT2D eigenvalue weighted by Crippen LogP contribution is -2.39. The molecule has 0 aromatic heterocycles. The second-order valence-electron chi connectivity index (χ2n) is 7.06. The number of nitrogens with one attached hydrogen (secondary N) is 1. The van der Waals surface area contributed by atoms with E-state index in [1.165, 1.54) is 0 Å². The Labute approximate surface area is 159 Å². The summed E-state index contributed by atoms with van der Waals surface area (Å²) < 4.78 is 16.5. The van der Waals surface area contributed by atoms with Crippen LogP contribution >= 0.6 is 0 Å². The standard InChI is InChI=1S/C20H27NO6/c22-19(21-13-18(20(23)24)14-5-9-25-10-6-14)15-1-3-16(4-2-15)27-17-7-11-26-12-8-17/h1-4,14,17-18H,5-13H2,(H,21,22)(H,23,24). The van der Waals surface area contributed by atoms with Crippen LogP contribution in [0.5, 0.6) is 5.75 Å². The largest absolute Gasteiger partial charge is 0.490 e. The number of carboxylic acid groups (broad SMARTS) is 1. The third-order valence-electron chi connectivity index (χ3n) is 5.22. The van der Waals surface area contributed by atoms with Gasteiger partial charge in [-0.15, -0.1) is 0 Å². The molecule has 2 N–H and O–H groups in total. The van der Waals surface area contributed by atoms with Crippen LogP contribution in [-0.2, 0) is 14.3 Å². The van der Waals surface area contributed by atoms with Crippen LogP contribution < -0.4 is 10.1 Å². The molecule has 2 fully saturated rings. The highest BCUT2D eigenvalue weighted by molar-refractivity contribution is 5.94. The molecule has 2 saturated heterocycles. The molecule has 2 aliphatic heterocycles. The Morgan fingerprint density at radius 1 is 1.04 bits per heavy atom. The van der Waals surface area contributed by atoms with Crippen molar-refractivity contribution >= 4 is 11.9 Å². The highest BCUT2D eigenvalue weighted by atomic mass is 16.5. The molecular formula is C20H27NO6. The smallest absolute Gasteiger partial charge is 0.308 e. The lowest BCUT2D eigenvalue weighted by atomic mass is 9.86. The number of hydrogen-bond donors (Lipinski definition) is 2. The summed E-state index contributed by atoms with van der Waals surface area (Å²) in [5.41, 5.74) is 0.491. The fraction of sp³-hybridized carbons (Fsp3) is 0.600. The van der Waals surface area contributed by atoms with E-state index in [0.717, 1.165) is 18.6 Å². The predicted molar refractivity (Wildman–Crippen MR) is 97.9 cm³/mol. The van der Waals surface area contributed by atoms with Gasteiger partial charge in [0, 0.05) is 38.2 Å². The molecule has 1 aromatic rings. The zero-order valence-electron chi connectivity index (χ0n) is 15.4. The summed E-state index contributed by atoms with van der Waals surface area (Å²) in [6.45, 7) is 2.71. The van der Waals surface area contributed by atoms with Gasteiger partial charge in [0.15, 0.2) is 0 Å². The van der Waals surface area contributed by atoms with Crippen molar-refractivity contribution in [3.05, 3.63) is 29.8 Å². The Morgan fingerprint density at radius 2 is 1.63 bits per heavy atom. The predicted octanol–water partition coefficient (Wildman–Crippen LogP) is 2.10. The average Bonchev–Trinajstić information content (AvgIpc) is 2.70.